The number of phenolic OH excluding ortho intramolecular Hbond substituents is 1. The number of fused-ring (bicyclic) bond motifs is 1. The van der Waals surface area contributed by atoms with E-state index < -0.39 is 11.4 Å². The molecule has 0 amide bonds. The van der Waals surface area contributed by atoms with Gasteiger partial charge in [0, 0.05) is 24.2 Å². The normalized spacial score (nSPS) is 10.8. The van der Waals surface area contributed by atoms with Crippen LogP contribution in [0.15, 0.2) is 29.2 Å². The monoisotopic (exact) mass is 261 g/mol. The maximum atomic E-state index is 12.0. The first-order valence-corrected chi connectivity index (χ1v) is 6.14. The van der Waals surface area contributed by atoms with Gasteiger partial charge >= 0.3 is 5.97 Å². The number of hydrogen-bond donors (Lipinski definition) is 2. The highest BCUT2D eigenvalue weighted by Gasteiger charge is 2.14. The van der Waals surface area contributed by atoms with Crippen LogP contribution in [0.25, 0.3) is 10.9 Å². The van der Waals surface area contributed by atoms with Crippen molar-refractivity contribution in [2.45, 2.75) is 26.3 Å². The molecule has 0 radical (unpaired) electrons. The average Bonchev–Trinajstić information content (AvgIpc) is 2.37. The lowest BCUT2D eigenvalue weighted by Gasteiger charge is -2.12. The molecule has 1 aromatic carbocycles. The fraction of sp³-hybridized carbons (Fsp3) is 0.286. The number of rotatable bonds is 4. The lowest BCUT2D eigenvalue weighted by atomic mass is 10.1. The van der Waals surface area contributed by atoms with Crippen LogP contribution in [0.2, 0.25) is 0 Å². The van der Waals surface area contributed by atoms with Crippen LogP contribution in [0.1, 0.15) is 30.1 Å². The molecule has 5 nitrogen and oxygen atoms in total. The van der Waals surface area contributed by atoms with Gasteiger partial charge in [0.1, 0.15) is 11.3 Å². The van der Waals surface area contributed by atoms with Gasteiger partial charge in [0.05, 0.1) is 5.52 Å². The maximum Gasteiger partial charge on any atom is 0.341 e. The number of aryl methyl sites for hydroxylation is 1. The molecular formula is C14H15NO4. The molecular weight excluding hydrogens is 246 g/mol. The van der Waals surface area contributed by atoms with Crippen molar-refractivity contribution in [2.24, 2.45) is 0 Å². The van der Waals surface area contributed by atoms with Crippen LogP contribution in [0.5, 0.6) is 5.75 Å². The molecule has 2 aromatic rings. The molecule has 0 saturated carbocycles. The molecule has 0 unspecified atom stereocenters. The summed E-state index contributed by atoms with van der Waals surface area (Å²) in [6.07, 6.45) is 3.17. The van der Waals surface area contributed by atoms with Crippen LogP contribution in [0.4, 0.5) is 0 Å². The van der Waals surface area contributed by atoms with Crippen LogP contribution in [0, 0.1) is 0 Å². The molecule has 1 aromatic heterocycles. The second kappa shape index (κ2) is 5.14. The van der Waals surface area contributed by atoms with Crippen molar-refractivity contribution >= 4 is 16.9 Å². The fourth-order valence-electron chi connectivity index (χ4n) is 2.04. The molecule has 19 heavy (non-hydrogen) atoms. The molecule has 2 rings (SSSR count). The van der Waals surface area contributed by atoms with Crippen molar-refractivity contribution in [2.75, 3.05) is 0 Å². The zero-order valence-corrected chi connectivity index (χ0v) is 10.6. The summed E-state index contributed by atoms with van der Waals surface area (Å²) in [6.45, 7) is 2.64. The minimum Gasteiger partial charge on any atom is -0.508 e. The molecule has 0 bridgehead atoms. The van der Waals surface area contributed by atoms with E-state index >= 15 is 0 Å². The lowest BCUT2D eigenvalue weighted by molar-refractivity contribution is 0.0695. The highest BCUT2D eigenvalue weighted by molar-refractivity contribution is 5.92. The Morgan fingerprint density at radius 3 is 2.74 bits per heavy atom. The van der Waals surface area contributed by atoms with Crippen LogP contribution < -0.4 is 5.43 Å². The Hall–Kier alpha value is -2.30. The molecule has 0 saturated heterocycles. The van der Waals surface area contributed by atoms with Crippen molar-refractivity contribution in [3.63, 3.8) is 0 Å². The topological polar surface area (TPSA) is 79.5 Å². The highest BCUT2D eigenvalue weighted by Crippen LogP contribution is 2.19. The number of pyridine rings is 1. The predicted octanol–water partition coefficient (Wildman–Crippen LogP) is 2.21. The summed E-state index contributed by atoms with van der Waals surface area (Å²) in [6, 6.07) is 4.33. The maximum absolute atomic E-state index is 12.0. The van der Waals surface area contributed by atoms with Crippen molar-refractivity contribution < 1.29 is 15.0 Å². The second-order valence-corrected chi connectivity index (χ2v) is 4.43. The van der Waals surface area contributed by atoms with Gasteiger partial charge in [0.25, 0.3) is 0 Å². The number of aromatic carboxylic acids is 1. The summed E-state index contributed by atoms with van der Waals surface area (Å²) in [4.78, 5) is 23.1. The van der Waals surface area contributed by atoms with E-state index in [4.69, 9.17) is 5.11 Å². The summed E-state index contributed by atoms with van der Waals surface area (Å²) >= 11 is 0. The van der Waals surface area contributed by atoms with E-state index in [1.807, 2.05) is 6.92 Å². The van der Waals surface area contributed by atoms with Crippen molar-refractivity contribution in [3.05, 3.63) is 40.2 Å². The molecule has 0 aliphatic rings. The molecule has 0 atom stereocenters. The number of phenols is 1. The molecule has 0 fully saturated rings. The summed E-state index contributed by atoms with van der Waals surface area (Å²) < 4.78 is 1.71. The lowest BCUT2D eigenvalue weighted by Crippen LogP contribution is -2.19. The quantitative estimate of drug-likeness (QED) is 0.884. The van der Waals surface area contributed by atoms with Gasteiger partial charge in [-0.25, -0.2) is 4.79 Å². The van der Waals surface area contributed by atoms with E-state index in [0.717, 1.165) is 12.8 Å². The van der Waals surface area contributed by atoms with Gasteiger partial charge in [-0.3, -0.25) is 4.79 Å². The first-order chi connectivity index (χ1) is 9.04. The van der Waals surface area contributed by atoms with Gasteiger partial charge in [-0.05, 0) is 18.6 Å². The minimum atomic E-state index is -1.23. The fourth-order valence-corrected chi connectivity index (χ4v) is 2.04. The number of hydrogen-bond acceptors (Lipinski definition) is 3. The molecule has 2 N–H and O–H groups in total. The van der Waals surface area contributed by atoms with Gasteiger partial charge in [0.2, 0.25) is 5.43 Å². The van der Waals surface area contributed by atoms with Crippen LogP contribution in [-0.2, 0) is 6.54 Å². The van der Waals surface area contributed by atoms with E-state index in [1.165, 1.54) is 24.4 Å². The first-order valence-electron chi connectivity index (χ1n) is 6.14. The molecule has 0 spiro atoms. The highest BCUT2D eigenvalue weighted by atomic mass is 16.4. The first kappa shape index (κ1) is 13.1. The van der Waals surface area contributed by atoms with Crippen molar-refractivity contribution in [3.8, 4) is 5.75 Å². The predicted molar refractivity (Wildman–Crippen MR) is 71.7 cm³/mol. The molecule has 100 valence electrons. The molecule has 0 aliphatic heterocycles. The largest absolute Gasteiger partial charge is 0.508 e. The van der Waals surface area contributed by atoms with E-state index in [9.17, 15) is 14.7 Å². The molecule has 1 heterocycles. The number of aromatic hydroxyl groups is 1. The molecule has 5 heteroatoms. The number of nitrogens with zero attached hydrogens (tertiary/aromatic N) is 1. The van der Waals surface area contributed by atoms with Crippen LogP contribution in [-0.4, -0.2) is 20.7 Å². The van der Waals surface area contributed by atoms with E-state index in [-0.39, 0.29) is 11.3 Å². The SMILES string of the molecule is CCCCn1cc(C(=O)O)c(=O)c2ccc(O)cc21. The van der Waals surface area contributed by atoms with Crippen molar-refractivity contribution in [1.29, 1.82) is 0 Å². The van der Waals surface area contributed by atoms with Crippen LogP contribution >= 0.6 is 0 Å². The number of carboxylic acids is 1. The Kier molecular flexibility index (Phi) is 3.55. The smallest absolute Gasteiger partial charge is 0.341 e. The molecule has 0 aliphatic carbocycles. The van der Waals surface area contributed by atoms with Gasteiger partial charge in [-0.15, -0.1) is 0 Å². The zero-order valence-electron chi connectivity index (χ0n) is 10.6. The summed E-state index contributed by atoms with van der Waals surface area (Å²) in [5.74, 6) is -1.18. The Balaban J connectivity index is 2.76. The minimum absolute atomic E-state index is 0.0558. The van der Waals surface area contributed by atoms with Gasteiger partial charge < -0.3 is 14.8 Å². The number of benzene rings is 1. The third-order valence-corrected chi connectivity index (χ3v) is 3.05. The van der Waals surface area contributed by atoms with Gasteiger partial charge in [-0.1, -0.05) is 13.3 Å². The number of carbonyl (C=O) groups is 1. The van der Waals surface area contributed by atoms with Gasteiger partial charge in [-0.2, -0.15) is 0 Å². The average molecular weight is 261 g/mol. The van der Waals surface area contributed by atoms with E-state index in [1.54, 1.807) is 4.57 Å². The Labute approximate surface area is 109 Å². The van der Waals surface area contributed by atoms with E-state index in [2.05, 4.69) is 0 Å². The third kappa shape index (κ3) is 2.45. The van der Waals surface area contributed by atoms with Crippen molar-refractivity contribution in [1.82, 2.24) is 4.57 Å². The van der Waals surface area contributed by atoms with Crippen LogP contribution in [0.3, 0.4) is 0 Å². The number of aromatic nitrogens is 1. The Bertz CT molecular complexity index is 688. The Morgan fingerprint density at radius 1 is 1.37 bits per heavy atom. The summed E-state index contributed by atoms with van der Waals surface area (Å²) in [5, 5.41) is 18.9. The second-order valence-electron chi connectivity index (χ2n) is 4.43. The summed E-state index contributed by atoms with van der Waals surface area (Å²) in [7, 11) is 0. The Morgan fingerprint density at radius 2 is 2.11 bits per heavy atom. The summed E-state index contributed by atoms with van der Waals surface area (Å²) in [5.41, 5.74) is -0.201. The van der Waals surface area contributed by atoms with Gasteiger partial charge in [0.15, 0.2) is 0 Å². The standard InChI is InChI=1S/C14H15NO4/c1-2-3-6-15-8-11(14(18)19)13(17)10-5-4-9(16)7-12(10)15/h4-5,7-8,16H,2-3,6H2,1H3,(H,18,19). The number of carboxylic acid groups (broad SMARTS) is 1. The third-order valence-electron chi connectivity index (χ3n) is 3.05. The van der Waals surface area contributed by atoms with E-state index in [0.29, 0.717) is 17.4 Å². The number of unbranched alkanes of at least 4 members (excludes halogenated alkanes) is 1. The zero-order chi connectivity index (χ0) is 14.0.